The molecular formula is C14H12N4O4S. The number of nitrogens with two attached hydrogens (primary N) is 1. The molecule has 0 unspecified atom stereocenters. The predicted octanol–water partition coefficient (Wildman–Crippen LogP) is 0.756. The van der Waals surface area contributed by atoms with Crippen LogP contribution in [0.3, 0.4) is 0 Å². The normalized spacial score (nSPS) is 11.5. The zero-order valence-electron chi connectivity index (χ0n) is 11.7. The summed E-state index contributed by atoms with van der Waals surface area (Å²) in [6.45, 7) is 0. The number of aromatic nitrogens is 2. The molecule has 0 aliphatic rings. The van der Waals surface area contributed by atoms with Crippen LogP contribution in [0.2, 0.25) is 0 Å². The van der Waals surface area contributed by atoms with Gasteiger partial charge in [0.05, 0.1) is 21.6 Å². The van der Waals surface area contributed by atoms with Crippen molar-refractivity contribution in [1.82, 2.24) is 9.97 Å². The third kappa shape index (κ3) is 2.94. The van der Waals surface area contributed by atoms with Crippen molar-refractivity contribution in [1.29, 1.82) is 0 Å². The van der Waals surface area contributed by atoms with Crippen LogP contribution in [0.4, 0.5) is 5.69 Å². The number of H-pyrrole nitrogens is 2. The number of carbonyl (C=O) groups is 1. The highest BCUT2D eigenvalue weighted by Gasteiger charge is 2.15. The summed E-state index contributed by atoms with van der Waals surface area (Å²) in [5.74, 6) is -0.635. The third-order valence-corrected chi connectivity index (χ3v) is 4.61. The Labute approximate surface area is 130 Å². The van der Waals surface area contributed by atoms with Crippen molar-refractivity contribution >= 4 is 32.7 Å². The zero-order chi connectivity index (χ0) is 16.6. The first-order valence-electron chi connectivity index (χ1n) is 6.50. The molecular weight excluding hydrogens is 320 g/mol. The molecule has 2 aromatic carbocycles. The Morgan fingerprint density at radius 1 is 1.00 bits per heavy atom. The van der Waals surface area contributed by atoms with Crippen LogP contribution in [0, 0.1) is 0 Å². The molecule has 0 saturated heterocycles. The molecule has 1 heterocycles. The van der Waals surface area contributed by atoms with Gasteiger partial charge in [0.15, 0.2) is 0 Å². The van der Waals surface area contributed by atoms with Gasteiger partial charge in [-0.25, -0.2) is 13.2 Å². The second kappa shape index (κ2) is 5.29. The highest BCUT2D eigenvalue weighted by molar-refractivity contribution is 7.92. The Hall–Kier alpha value is -3.07. The Morgan fingerprint density at radius 2 is 1.65 bits per heavy atom. The van der Waals surface area contributed by atoms with E-state index in [2.05, 4.69) is 14.7 Å². The second-order valence-corrected chi connectivity index (χ2v) is 6.52. The summed E-state index contributed by atoms with van der Waals surface area (Å²) in [4.78, 5) is 27.3. The Morgan fingerprint density at radius 3 is 2.30 bits per heavy atom. The number of anilines is 1. The summed E-state index contributed by atoms with van der Waals surface area (Å²) in [6.07, 6.45) is 0. The van der Waals surface area contributed by atoms with Crippen LogP contribution in [0.5, 0.6) is 0 Å². The van der Waals surface area contributed by atoms with Gasteiger partial charge in [-0.1, -0.05) is 0 Å². The fourth-order valence-electron chi connectivity index (χ4n) is 2.11. The van der Waals surface area contributed by atoms with Crippen LogP contribution in [0.25, 0.3) is 11.0 Å². The maximum Gasteiger partial charge on any atom is 0.323 e. The molecule has 1 aromatic heterocycles. The molecule has 5 N–H and O–H groups in total. The zero-order valence-corrected chi connectivity index (χ0v) is 12.5. The summed E-state index contributed by atoms with van der Waals surface area (Å²) < 4.78 is 27.0. The lowest BCUT2D eigenvalue weighted by Gasteiger charge is -2.08. The highest BCUT2D eigenvalue weighted by Crippen LogP contribution is 2.19. The van der Waals surface area contributed by atoms with E-state index in [1.807, 2.05) is 0 Å². The Balaban J connectivity index is 1.92. The molecule has 0 aliphatic carbocycles. The maximum atomic E-state index is 12.3. The molecule has 0 fully saturated rings. The van der Waals surface area contributed by atoms with Gasteiger partial charge < -0.3 is 15.7 Å². The standard InChI is InChI=1S/C14H12N4O4S/c15-13(19)8-1-4-10(5-2-8)23(21,22)18-9-3-6-11-12(7-9)17-14(20)16-11/h1-7,18H,(H2,15,19)(H2,16,17,20). The molecule has 8 nitrogen and oxygen atoms in total. The molecule has 0 atom stereocenters. The highest BCUT2D eigenvalue weighted by atomic mass is 32.2. The number of benzene rings is 2. The molecule has 0 aliphatic heterocycles. The Bertz CT molecular complexity index is 1050. The van der Waals surface area contributed by atoms with E-state index < -0.39 is 15.9 Å². The van der Waals surface area contributed by atoms with Crippen molar-refractivity contribution in [2.24, 2.45) is 5.73 Å². The van der Waals surface area contributed by atoms with E-state index in [-0.39, 0.29) is 16.1 Å². The van der Waals surface area contributed by atoms with Gasteiger partial charge in [-0.3, -0.25) is 9.52 Å². The van der Waals surface area contributed by atoms with Gasteiger partial charge in [-0.05, 0) is 42.5 Å². The van der Waals surface area contributed by atoms with Crippen molar-refractivity contribution < 1.29 is 13.2 Å². The molecule has 0 radical (unpaired) electrons. The fraction of sp³-hybridized carbons (Fsp3) is 0. The number of sulfonamides is 1. The minimum absolute atomic E-state index is 0.00911. The van der Waals surface area contributed by atoms with Gasteiger partial charge in [0.25, 0.3) is 10.0 Å². The van der Waals surface area contributed by atoms with E-state index >= 15 is 0 Å². The number of imidazole rings is 1. The molecule has 3 aromatic rings. The maximum absolute atomic E-state index is 12.3. The van der Waals surface area contributed by atoms with Crippen LogP contribution in [0.1, 0.15) is 10.4 Å². The van der Waals surface area contributed by atoms with Crippen molar-refractivity contribution in [3.8, 4) is 0 Å². The average molecular weight is 332 g/mol. The van der Waals surface area contributed by atoms with E-state index in [1.54, 1.807) is 6.07 Å². The lowest BCUT2D eigenvalue weighted by Crippen LogP contribution is -2.14. The average Bonchev–Trinajstić information content (AvgIpc) is 2.86. The summed E-state index contributed by atoms with van der Waals surface area (Å²) >= 11 is 0. The van der Waals surface area contributed by atoms with Gasteiger partial charge in [0, 0.05) is 5.56 Å². The SMILES string of the molecule is NC(=O)c1ccc(S(=O)(=O)Nc2ccc3[nH]c(=O)[nH]c3c2)cc1. The van der Waals surface area contributed by atoms with E-state index in [0.717, 1.165) is 0 Å². The summed E-state index contributed by atoms with van der Waals surface area (Å²) in [6, 6.07) is 9.87. The summed E-state index contributed by atoms with van der Waals surface area (Å²) in [7, 11) is -3.82. The number of aromatic amines is 2. The first-order valence-corrected chi connectivity index (χ1v) is 7.98. The van der Waals surface area contributed by atoms with Crippen molar-refractivity contribution in [3.05, 3.63) is 58.5 Å². The number of rotatable bonds is 4. The van der Waals surface area contributed by atoms with Crippen molar-refractivity contribution in [2.45, 2.75) is 4.90 Å². The lowest BCUT2D eigenvalue weighted by atomic mass is 10.2. The smallest absolute Gasteiger partial charge is 0.323 e. The number of hydrogen-bond acceptors (Lipinski definition) is 4. The fourth-order valence-corrected chi connectivity index (χ4v) is 3.16. The van der Waals surface area contributed by atoms with Crippen LogP contribution in [-0.2, 0) is 10.0 Å². The molecule has 118 valence electrons. The topological polar surface area (TPSA) is 138 Å². The number of nitrogens with one attached hydrogen (secondary N) is 3. The monoisotopic (exact) mass is 332 g/mol. The van der Waals surface area contributed by atoms with Crippen molar-refractivity contribution in [3.63, 3.8) is 0 Å². The van der Waals surface area contributed by atoms with Gasteiger partial charge in [-0.15, -0.1) is 0 Å². The molecule has 0 spiro atoms. The molecule has 1 amide bonds. The van der Waals surface area contributed by atoms with E-state index in [1.165, 1.54) is 36.4 Å². The Kier molecular flexibility index (Phi) is 3.41. The van der Waals surface area contributed by atoms with E-state index in [0.29, 0.717) is 16.7 Å². The minimum Gasteiger partial charge on any atom is -0.366 e. The van der Waals surface area contributed by atoms with Crippen LogP contribution < -0.4 is 16.1 Å². The summed E-state index contributed by atoms with van der Waals surface area (Å²) in [5.41, 5.74) is 6.32. The molecule has 0 bridgehead atoms. The van der Waals surface area contributed by atoms with Gasteiger partial charge in [0.1, 0.15) is 0 Å². The van der Waals surface area contributed by atoms with Crippen LogP contribution in [0.15, 0.2) is 52.2 Å². The van der Waals surface area contributed by atoms with Crippen LogP contribution >= 0.6 is 0 Å². The van der Waals surface area contributed by atoms with Crippen LogP contribution in [-0.4, -0.2) is 24.3 Å². The minimum atomic E-state index is -3.82. The first-order chi connectivity index (χ1) is 10.8. The molecule has 9 heteroatoms. The second-order valence-electron chi connectivity index (χ2n) is 4.83. The van der Waals surface area contributed by atoms with E-state index in [4.69, 9.17) is 5.73 Å². The number of carbonyl (C=O) groups excluding carboxylic acids is 1. The predicted molar refractivity (Wildman–Crippen MR) is 84.7 cm³/mol. The molecule has 3 rings (SSSR count). The number of hydrogen-bond donors (Lipinski definition) is 4. The number of primary amides is 1. The van der Waals surface area contributed by atoms with Gasteiger partial charge in [0.2, 0.25) is 5.91 Å². The quantitative estimate of drug-likeness (QED) is 0.560. The number of amides is 1. The lowest BCUT2D eigenvalue weighted by molar-refractivity contribution is 0.1000. The molecule has 23 heavy (non-hydrogen) atoms. The third-order valence-electron chi connectivity index (χ3n) is 3.22. The van der Waals surface area contributed by atoms with Gasteiger partial charge >= 0.3 is 5.69 Å². The van der Waals surface area contributed by atoms with E-state index in [9.17, 15) is 18.0 Å². The largest absolute Gasteiger partial charge is 0.366 e. The van der Waals surface area contributed by atoms with Gasteiger partial charge in [-0.2, -0.15) is 0 Å². The van der Waals surface area contributed by atoms with Crippen molar-refractivity contribution in [2.75, 3.05) is 4.72 Å². The summed E-state index contributed by atoms with van der Waals surface area (Å²) in [5, 5.41) is 0. The molecule has 0 saturated carbocycles. The number of fused-ring (bicyclic) bond motifs is 1. The first kappa shape index (κ1) is 14.9.